The first-order valence-corrected chi connectivity index (χ1v) is 10.5. The number of ether oxygens (including phenoxy) is 2. The summed E-state index contributed by atoms with van der Waals surface area (Å²) in [4.78, 5) is 2.32. The number of methoxy groups -OCH3 is 2. The molecule has 1 fully saturated rings. The van der Waals surface area contributed by atoms with E-state index in [9.17, 15) is 8.42 Å². The van der Waals surface area contributed by atoms with Crippen molar-refractivity contribution in [2.75, 3.05) is 52.7 Å². The molecular formula is C18H30N2O4S. The van der Waals surface area contributed by atoms with Gasteiger partial charge in [-0.3, -0.25) is 0 Å². The zero-order valence-electron chi connectivity index (χ0n) is 15.5. The molecule has 1 heterocycles. The van der Waals surface area contributed by atoms with Crippen LogP contribution < -0.4 is 9.47 Å². The molecule has 0 saturated carbocycles. The van der Waals surface area contributed by atoms with Gasteiger partial charge in [0.05, 0.1) is 20.0 Å². The highest BCUT2D eigenvalue weighted by atomic mass is 32.2. The van der Waals surface area contributed by atoms with Gasteiger partial charge in [-0.1, -0.05) is 19.4 Å². The first kappa shape index (κ1) is 20.0. The summed E-state index contributed by atoms with van der Waals surface area (Å²) < 4.78 is 36.7. The standard InChI is InChI=1S/C18H30N2O4S/c1-4-5-14-25(21,22)20-12-10-19(11-13-20)9-8-16-6-7-17(23-2)18(15-16)24-3/h6-7,15H,4-5,8-14H2,1-3H3. The maximum atomic E-state index is 12.2. The molecule has 6 nitrogen and oxygen atoms in total. The van der Waals surface area contributed by atoms with E-state index >= 15 is 0 Å². The third-order valence-electron chi connectivity index (χ3n) is 4.65. The van der Waals surface area contributed by atoms with Gasteiger partial charge in [0.15, 0.2) is 11.5 Å². The maximum absolute atomic E-state index is 12.2. The van der Waals surface area contributed by atoms with Crippen LogP contribution in [0.3, 0.4) is 0 Å². The molecule has 1 aromatic carbocycles. The summed E-state index contributed by atoms with van der Waals surface area (Å²) in [5.74, 6) is 1.75. The van der Waals surface area contributed by atoms with Crippen LogP contribution in [0.5, 0.6) is 11.5 Å². The van der Waals surface area contributed by atoms with Gasteiger partial charge in [-0.15, -0.1) is 0 Å². The quantitative estimate of drug-likeness (QED) is 0.665. The van der Waals surface area contributed by atoms with Gasteiger partial charge in [0, 0.05) is 32.7 Å². The van der Waals surface area contributed by atoms with Gasteiger partial charge in [0.25, 0.3) is 0 Å². The highest BCUT2D eigenvalue weighted by molar-refractivity contribution is 7.89. The molecule has 0 spiro atoms. The highest BCUT2D eigenvalue weighted by Gasteiger charge is 2.26. The van der Waals surface area contributed by atoms with Crippen LogP contribution in [0.15, 0.2) is 18.2 Å². The SMILES string of the molecule is CCCCS(=O)(=O)N1CCN(CCc2ccc(OC)c(OC)c2)CC1. The van der Waals surface area contributed by atoms with Gasteiger partial charge in [0.2, 0.25) is 10.0 Å². The fraction of sp³-hybridized carbons (Fsp3) is 0.667. The monoisotopic (exact) mass is 370 g/mol. The molecule has 0 atom stereocenters. The van der Waals surface area contributed by atoms with Crippen LogP contribution in [0.25, 0.3) is 0 Å². The second-order valence-electron chi connectivity index (χ2n) is 6.35. The Labute approximate surface area is 151 Å². The van der Waals surface area contributed by atoms with E-state index in [1.165, 1.54) is 5.56 Å². The number of benzene rings is 1. The lowest BCUT2D eigenvalue weighted by atomic mass is 10.1. The normalized spacial score (nSPS) is 16.8. The second kappa shape index (κ2) is 9.40. The molecule has 25 heavy (non-hydrogen) atoms. The molecule has 0 amide bonds. The fourth-order valence-electron chi connectivity index (χ4n) is 3.01. The van der Waals surface area contributed by atoms with E-state index in [1.807, 2.05) is 25.1 Å². The van der Waals surface area contributed by atoms with Crippen molar-refractivity contribution in [3.8, 4) is 11.5 Å². The van der Waals surface area contributed by atoms with Gasteiger partial charge in [-0.25, -0.2) is 8.42 Å². The molecule has 0 aromatic heterocycles. The Morgan fingerprint density at radius 1 is 1.04 bits per heavy atom. The van der Waals surface area contributed by atoms with E-state index in [4.69, 9.17) is 9.47 Å². The lowest BCUT2D eigenvalue weighted by molar-refractivity contribution is 0.190. The van der Waals surface area contributed by atoms with Crippen molar-refractivity contribution in [2.45, 2.75) is 26.2 Å². The molecule has 1 aliphatic heterocycles. The van der Waals surface area contributed by atoms with Crippen molar-refractivity contribution in [1.82, 2.24) is 9.21 Å². The van der Waals surface area contributed by atoms with Crippen molar-refractivity contribution >= 4 is 10.0 Å². The molecule has 2 rings (SSSR count). The van der Waals surface area contributed by atoms with Crippen LogP contribution in [0, 0.1) is 0 Å². The lowest BCUT2D eigenvalue weighted by Gasteiger charge is -2.34. The molecule has 0 N–H and O–H groups in total. The molecule has 7 heteroatoms. The Bertz CT molecular complexity index is 640. The molecule has 1 aliphatic rings. The first-order valence-electron chi connectivity index (χ1n) is 8.91. The third-order valence-corrected chi connectivity index (χ3v) is 6.60. The second-order valence-corrected chi connectivity index (χ2v) is 8.44. The molecule has 1 saturated heterocycles. The van der Waals surface area contributed by atoms with Gasteiger partial charge >= 0.3 is 0 Å². The van der Waals surface area contributed by atoms with E-state index in [1.54, 1.807) is 18.5 Å². The predicted molar refractivity (Wildman–Crippen MR) is 100.0 cm³/mol. The zero-order valence-corrected chi connectivity index (χ0v) is 16.3. The summed E-state index contributed by atoms with van der Waals surface area (Å²) in [6.07, 6.45) is 2.55. The molecule has 0 bridgehead atoms. The van der Waals surface area contributed by atoms with E-state index < -0.39 is 10.0 Å². The largest absolute Gasteiger partial charge is 0.493 e. The van der Waals surface area contributed by atoms with Gasteiger partial charge in [-0.05, 0) is 30.5 Å². The number of hydrogen-bond donors (Lipinski definition) is 0. The predicted octanol–water partition coefficient (Wildman–Crippen LogP) is 1.99. The molecular weight excluding hydrogens is 340 g/mol. The van der Waals surface area contributed by atoms with E-state index in [0.29, 0.717) is 13.1 Å². The van der Waals surface area contributed by atoms with Crippen molar-refractivity contribution in [3.05, 3.63) is 23.8 Å². The average Bonchev–Trinajstić information content (AvgIpc) is 2.64. The first-order chi connectivity index (χ1) is 12.0. The van der Waals surface area contributed by atoms with E-state index in [2.05, 4.69) is 4.90 Å². The Morgan fingerprint density at radius 2 is 1.72 bits per heavy atom. The van der Waals surface area contributed by atoms with Gasteiger partial charge in [0.1, 0.15) is 0 Å². The minimum atomic E-state index is -3.08. The van der Waals surface area contributed by atoms with Crippen molar-refractivity contribution in [2.24, 2.45) is 0 Å². The summed E-state index contributed by atoms with van der Waals surface area (Å²) in [5.41, 5.74) is 1.19. The summed E-state index contributed by atoms with van der Waals surface area (Å²) in [6, 6.07) is 5.98. The minimum Gasteiger partial charge on any atom is -0.493 e. The number of sulfonamides is 1. The fourth-order valence-corrected chi connectivity index (χ4v) is 4.64. The average molecular weight is 371 g/mol. The number of hydrogen-bond acceptors (Lipinski definition) is 5. The summed E-state index contributed by atoms with van der Waals surface area (Å²) in [7, 11) is 0.193. The van der Waals surface area contributed by atoms with Crippen LogP contribution in [0.4, 0.5) is 0 Å². The van der Waals surface area contributed by atoms with Gasteiger partial charge in [-0.2, -0.15) is 4.31 Å². The minimum absolute atomic E-state index is 0.273. The smallest absolute Gasteiger partial charge is 0.214 e. The van der Waals surface area contributed by atoms with Crippen LogP contribution >= 0.6 is 0 Å². The highest BCUT2D eigenvalue weighted by Crippen LogP contribution is 2.27. The van der Waals surface area contributed by atoms with Crippen LogP contribution in [-0.2, 0) is 16.4 Å². The lowest BCUT2D eigenvalue weighted by Crippen LogP contribution is -2.49. The van der Waals surface area contributed by atoms with Crippen molar-refractivity contribution in [3.63, 3.8) is 0 Å². The molecule has 0 aliphatic carbocycles. The number of piperazine rings is 1. The number of rotatable bonds is 9. The Morgan fingerprint density at radius 3 is 2.32 bits per heavy atom. The topological polar surface area (TPSA) is 59.1 Å². The third kappa shape index (κ3) is 5.59. The van der Waals surface area contributed by atoms with Crippen molar-refractivity contribution < 1.29 is 17.9 Å². The Balaban J connectivity index is 1.83. The molecule has 142 valence electrons. The zero-order chi connectivity index (χ0) is 18.3. The molecule has 1 aromatic rings. The van der Waals surface area contributed by atoms with E-state index in [0.717, 1.165) is 50.4 Å². The summed E-state index contributed by atoms with van der Waals surface area (Å²) in [5, 5.41) is 0. The van der Waals surface area contributed by atoms with Crippen LogP contribution in [-0.4, -0.2) is 70.3 Å². The Hall–Kier alpha value is -1.31. The number of unbranched alkanes of at least 4 members (excludes halogenated alkanes) is 1. The molecule has 0 unspecified atom stereocenters. The van der Waals surface area contributed by atoms with Gasteiger partial charge < -0.3 is 14.4 Å². The van der Waals surface area contributed by atoms with Crippen LogP contribution in [0.2, 0.25) is 0 Å². The van der Waals surface area contributed by atoms with E-state index in [-0.39, 0.29) is 5.75 Å². The number of nitrogens with zero attached hydrogens (tertiary/aromatic N) is 2. The maximum Gasteiger partial charge on any atom is 0.214 e. The Kier molecular flexibility index (Phi) is 7.53. The summed E-state index contributed by atoms with van der Waals surface area (Å²) in [6.45, 7) is 5.70. The molecule has 0 radical (unpaired) electrons. The summed E-state index contributed by atoms with van der Waals surface area (Å²) >= 11 is 0. The van der Waals surface area contributed by atoms with Crippen LogP contribution in [0.1, 0.15) is 25.3 Å². The van der Waals surface area contributed by atoms with Crippen molar-refractivity contribution in [1.29, 1.82) is 0 Å².